The Morgan fingerprint density at radius 3 is 2.90 bits per heavy atom. The van der Waals surface area contributed by atoms with Crippen LogP contribution in [-0.4, -0.2) is 11.6 Å². The first-order chi connectivity index (χ1) is 10.4. The Morgan fingerprint density at radius 2 is 2.05 bits per heavy atom. The van der Waals surface area contributed by atoms with Gasteiger partial charge in [0.05, 0.1) is 18.3 Å². The number of fused-ring (bicyclic) bond motifs is 1. The predicted octanol–water partition coefficient (Wildman–Crippen LogP) is 3.40. The van der Waals surface area contributed by atoms with Crippen molar-refractivity contribution in [1.82, 2.24) is 10.3 Å². The van der Waals surface area contributed by atoms with Gasteiger partial charge in [-0.15, -0.1) is 0 Å². The monoisotopic (exact) mass is 282 g/mol. The highest BCUT2D eigenvalue weighted by Gasteiger charge is 2.22. The van der Waals surface area contributed by atoms with Crippen molar-refractivity contribution in [2.45, 2.75) is 39.0 Å². The Morgan fingerprint density at radius 1 is 1.19 bits per heavy atom. The molecule has 1 heterocycles. The van der Waals surface area contributed by atoms with Crippen LogP contribution < -0.4 is 5.32 Å². The molecule has 1 atom stereocenters. The summed E-state index contributed by atoms with van der Waals surface area (Å²) in [5, 5.41) is 3.65. The molecule has 110 valence electrons. The van der Waals surface area contributed by atoms with Crippen LogP contribution >= 0.6 is 0 Å². The lowest BCUT2D eigenvalue weighted by atomic mass is 10.1. The molecule has 1 N–H and O–H groups in total. The largest absolute Gasteiger partial charge is 0.377 e. The number of pyridine rings is 1. The standard InChI is InChI=1S/C18H22N2O/c1-2-21-13-16-7-4-3-6-15(16)12-20-17-10-9-14-8-5-11-19-18(14)17/h3-8,11,17,20H,2,9-10,12-13H2,1H3. The highest BCUT2D eigenvalue weighted by Crippen LogP contribution is 2.29. The minimum Gasteiger partial charge on any atom is -0.377 e. The summed E-state index contributed by atoms with van der Waals surface area (Å²) >= 11 is 0. The Balaban J connectivity index is 1.66. The van der Waals surface area contributed by atoms with Gasteiger partial charge in [0.1, 0.15) is 0 Å². The molecule has 3 nitrogen and oxygen atoms in total. The van der Waals surface area contributed by atoms with Crippen molar-refractivity contribution in [3.63, 3.8) is 0 Å². The first-order valence-electron chi connectivity index (χ1n) is 7.70. The van der Waals surface area contributed by atoms with Crippen LogP contribution in [0.3, 0.4) is 0 Å². The molecule has 0 aliphatic heterocycles. The average Bonchev–Trinajstić information content (AvgIpc) is 2.95. The fourth-order valence-electron chi connectivity index (χ4n) is 2.93. The third kappa shape index (κ3) is 3.31. The van der Waals surface area contributed by atoms with E-state index in [1.54, 1.807) is 0 Å². The quantitative estimate of drug-likeness (QED) is 0.882. The molecule has 3 heteroatoms. The van der Waals surface area contributed by atoms with Gasteiger partial charge in [-0.25, -0.2) is 0 Å². The van der Waals surface area contributed by atoms with Crippen molar-refractivity contribution in [2.24, 2.45) is 0 Å². The van der Waals surface area contributed by atoms with Gasteiger partial charge in [-0.05, 0) is 42.5 Å². The van der Waals surface area contributed by atoms with Crippen molar-refractivity contribution in [3.05, 3.63) is 65.0 Å². The van der Waals surface area contributed by atoms with E-state index >= 15 is 0 Å². The van der Waals surface area contributed by atoms with E-state index < -0.39 is 0 Å². The van der Waals surface area contributed by atoms with E-state index in [0.717, 1.165) is 26.0 Å². The molecule has 3 rings (SSSR count). The first kappa shape index (κ1) is 14.2. The predicted molar refractivity (Wildman–Crippen MR) is 83.9 cm³/mol. The van der Waals surface area contributed by atoms with Gasteiger partial charge in [0, 0.05) is 19.3 Å². The summed E-state index contributed by atoms with van der Waals surface area (Å²) in [6.07, 6.45) is 4.16. The molecule has 0 bridgehead atoms. The van der Waals surface area contributed by atoms with E-state index in [2.05, 4.69) is 40.6 Å². The number of rotatable bonds is 6. The zero-order valence-corrected chi connectivity index (χ0v) is 12.5. The highest BCUT2D eigenvalue weighted by molar-refractivity contribution is 5.29. The van der Waals surface area contributed by atoms with E-state index in [-0.39, 0.29) is 0 Å². The summed E-state index contributed by atoms with van der Waals surface area (Å²) in [5.74, 6) is 0. The van der Waals surface area contributed by atoms with Gasteiger partial charge in [0.25, 0.3) is 0 Å². The molecule has 2 aromatic rings. The van der Waals surface area contributed by atoms with Gasteiger partial charge in [-0.2, -0.15) is 0 Å². The maximum atomic E-state index is 5.55. The average molecular weight is 282 g/mol. The number of nitrogens with one attached hydrogen (secondary N) is 1. The number of benzene rings is 1. The minimum atomic E-state index is 0.376. The van der Waals surface area contributed by atoms with Gasteiger partial charge < -0.3 is 10.1 Å². The van der Waals surface area contributed by atoms with Gasteiger partial charge in [0.2, 0.25) is 0 Å². The number of nitrogens with zero attached hydrogens (tertiary/aromatic N) is 1. The lowest BCUT2D eigenvalue weighted by Gasteiger charge is -2.15. The summed E-state index contributed by atoms with van der Waals surface area (Å²) < 4.78 is 5.55. The second kappa shape index (κ2) is 6.83. The first-order valence-corrected chi connectivity index (χ1v) is 7.70. The zero-order valence-electron chi connectivity index (χ0n) is 12.5. The Labute approximate surface area is 126 Å². The van der Waals surface area contributed by atoms with Crippen molar-refractivity contribution >= 4 is 0 Å². The second-order valence-electron chi connectivity index (χ2n) is 5.43. The van der Waals surface area contributed by atoms with Crippen molar-refractivity contribution in [2.75, 3.05) is 6.61 Å². The van der Waals surface area contributed by atoms with Crippen molar-refractivity contribution < 1.29 is 4.74 Å². The van der Waals surface area contributed by atoms with E-state index in [1.807, 2.05) is 19.2 Å². The lowest BCUT2D eigenvalue weighted by Crippen LogP contribution is -2.20. The van der Waals surface area contributed by atoms with E-state index in [9.17, 15) is 0 Å². The van der Waals surface area contributed by atoms with Crippen LogP contribution in [-0.2, 0) is 24.3 Å². The molecule has 0 saturated heterocycles. The van der Waals surface area contributed by atoms with Gasteiger partial charge in [0.15, 0.2) is 0 Å². The molecule has 1 aromatic heterocycles. The molecule has 1 aliphatic carbocycles. The molecule has 0 fully saturated rings. The number of hydrogen-bond donors (Lipinski definition) is 1. The highest BCUT2D eigenvalue weighted by atomic mass is 16.5. The van der Waals surface area contributed by atoms with Crippen LogP contribution in [0.15, 0.2) is 42.6 Å². The van der Waals surface area contributed by atoms with Gasteiger partial charge in [-0.3, -0.25) is 4.98 Å². The summed E-state index contributed by atoms with van der Waals surface area (Å²) in [4.78, 5) is 4.54. The van der Waals surface area contributed by atoms with Crippen molar-refractivity contribution in [1.29, 1.82) is 0 Å². The SMILES string of the molecule is CCOCc1ccccc1CNC1CCc2cccnc21. The summed E-state index contributed by atoms with van der Waals surface area (Å²) in [6.45, 7) is 4.33. The molecule has 1 aliphatic rings. The molecule has 0 radical (unpaired) electrons. The van der Waals surface area contributed by atoms with Gasteiger partial charge >= 0.3 is 0 Å². The second-order valence-corrected chi connectivity index (χ2v) is 5.43. The van der Waals surface area contributed by atoms with E-state index in [4.69, 9.17) is 4.74 Å². The number of aromatic nitrogens is 1. The molecule has 1 aromatic carbocycles. The maximum absolute atomic E-state index is 5.55. The lowest BCUT2D eigenvalue weighted by molar-refractivity contribution is 0.133. The van der Waals surface area contributed by atoms with Crippen LogP contribution in [0.1, 0.15) is 41.8 Å². The third-order valence-corrected chi connectivity index (χ3v) is 4.08. The topological polar surface area (TPSA) is 34.1 Å². The van der Waals surface area contributed by atoms with Gasteiger partial charge in [-0.1, -0.05) is 30.3 Å². The van der Waals surface area contributed by atoms with Crippen LogP contribution in [0, 0.1) is 0 Å². The number of aryl methyl sites for hydroxylation is 1. The zero-order chi connectivity index (χ0) is 14.5. The fraction of sp³-hybridized carbons (Fsp3) is 0.389. The third-order valence-electron chi connectivity index (χ3n) is 4.08. The van der Waals surface area contributed by atoms with Crippen LogP contribution in [0.4, 0.5) is 0 Å². The molecule has 0 saturated carbocycles. The van der Waals surface area contributed by atoms with Crippen LogP contribution in [0.5, 0.6) is 0 Å². The summed E-state index contributed by atoms with van der Waals surface area (Å²) in [6, 6.07) is 13.1. The normalized spacial score (nSPS) is 16.9. The molecule has 1 unspecified atom stereocenters. The fourth-order valence-corrected chi connectivity index (χ4v) is 2.93. The van der Waals surface area contributed by atoms with Crippen LogP contribution in [0.2, 0.25) is 0 Å². The number of ether oxygens (including phenoxy) is 1. The summed E-state index contributed by atoms with van der Waals surface area (Å²) in [5.41, 5.74) is 5.19. The number of hydrogen-bond acceptors (Lipinski definition) is 3. The minimum absolute atomic E-state index is 0.376. The van der Waals surface area contributed by atoms with Crippen LogP contribution in [0.25, 0.3) is 0 Å². The molecule has 0 amide bonds. The van der Waals surface area contributed by atoms with E-state index in [1.165, 1.54) is 22.4 Å². The maximum Gasteiger partial charge on any atom is 0.0719 e. The Kier molecular flexibility index (Phi) is 4.63. The smallest absolute Gasteiger partial charge is 0.0719 e. The molecule has 0 spiro atoms. The molecular formula is C18H22N2O. The Hall–Kier alpha value is -1.71. The molecular weight excluding hydrogens is 260 g/mol. The summed E-state index contributed by atoms with van der Waals surface area (Å²) in [7, 11) is 0. The van der Waals surface area contributed by atoms with Crippen molar-refractivity contribution in [3.8, 4) is 0 Å². The van der Waals surface area contributed by atoms with E-state index in [0.29, 0.717) is 12.6 Å². The Bertz CT molecular complexity index is 597. The molecule has 21 heavy (non-hydrogen) atoms.